The van der Waals surface area contributed by atoms with E-state index in [0.717, 1.165) is 24.2 Å². The second kappa shape index (κ2) is 15.0. The van der Waals surface area contributed by atoms with Gasteiger partial charge in [-0.1, -0.05) is 97.0 Å². The number of benzene rings is 1. The number of hydrogen-bond donors (Lipinski definition) is 0. The number of ether oxygens (including phenoxy) is 1. The van der Waals surface area contributed by atoms with Crippen LogP contribution in [0.25, 0.3) is 0 Å². The molecule has 0 aromatic heterocycles. The smallest absolute Gasteiger partial charge is 0.165 e. The first-order chi connectivity index (χ1) is 16.2. The van der Waals surface area contributed by atoms with Gasteiger partial charge in [-0.2, -0.15) is 0 Å². The quantitative estimate of drug-likeness (QED) is 0.252. The lowest BCUT2D eigenvalue weighted by Crippen LogP contribution is -2.15. The average molecular weight is 459 g/mol. The van der Waals surface area contributed by atoms with Crippen LogP contribution in [0.1, 0.15) is 141 Å². The molecule has 0 amide bonds. The first kappa shape index (κ1) is 26.6. The summed E-state index contributed by atoms with van der Waals surface area (Å²) in [5.41, 5.74) is 1.18. The largest absolute Gasteiger partial charge is 0.491 e. The molecule has 0 aliphatic heterocycles. The molecule has 33 heavy (non-hydrogen) atoms. The first-order valence-corrected chi connectivity index (χ1v) is 14.6. The summed E-state index contributed by atoms with van der Waals surface area (Å²) in [6, 6.07) is 5.77. The second-order valence-corrected chi connectivity index (χ2v) is 11.3. The molecule has 2 aliphatic rings. The fourth-order valence-corrected chi connectivity index (χ4v) is 6.40. The van der Waals surface area contributed by atoms with Gasteiger partial charge < -0.3 is 4.74 Å². The van der Waals surface area contributed by atoms with Crippen LogP contribution >= 0.6 is 0 Å². The normalized spacial score (nSPS) is 25.8. The molecule has 0 radical (unpaired) electrons. The predicted octanol–water partition coefficient (Wildman–Crippen LogP) is 10.2. The first-order valence-electron chi connectivity index (χ1n) is 14.6. The van der Waals surface area contributed by atoms with Gasteiger partial charge in [0.1, 0.15) is 0 Å². The molecule has 0 N–H and O–H groups in total. The van der Waals surface area contributed by atoms with Gasteiger partial charge in [0, 0.05) is 0 Å². The number of hydrogen-bond acceptors (Lipinski definition) is 1. The standard InChI is InChI=1S/C31H51FO/c1-3-5-7-10-25-13-15-27(16-14-25)12-9-23-33-31-22-21-29(24-30(31)32)28-19-17-26(18-20-28)11-8-6-4-2/h21-22,24-28H,3-20,23H2,1-2H3. The van der Waals surface area contributed by atoms with E-state index in [1.807, 2.05) is 6.07 Å². The van der Waals surface area contributed by atoms with Crippen LogP contribution in [0.3, 0.4) is 0 Å². The van der Waals surface area contributed by atoms with Crippen molar-refractivity contribution < 1.29 is 9.13 Å². The molecule has 1 aromatic rings. The Morgan fingerprint density at radius 1 is 0.697 bits per heavy atom. The van der Waals surface area contributed by atoms with Crippen molar-refractivity contribution in [3.63, 3.8) is 0 Å². The lowest BCUT2D eigenvalue weighted by atomic mass is 9.77. The van der Waals surface area contributed by atoms with E-state index in [9.17, 15) is 4.39 Å². The molecule has 0 unspecified atom stereocenters. The lowest BCUT2D eigenvalue weighted by molar-refractivity contribution is 0.225. The fraction of sp³-hybridized carbons (Fsp3) is 0.806. The summed E-state index contributed by atoms with van der Waals surface area (Å²) in [5.74, 6) is 3.56. The van der Waals surface area contributed by atoms with E-state index >= 15 is 0 Å². The molecule has 2 aliphatic carbocycles. The minimum absolute atomic E-state index is 0.162. The molecule has 2 saturated carbocycles. The minimum Gasteiger partial charge on any atom is -0.491 e. The zero-order valence-corrected chi connectivity index (χ0v) is 21.8. The van der Waals surface area contributed by atoms with Gasteiger partial charge in [-0.25, -0.2) is 4.39 Å². The highest BCUT2D eigenvalue weighted by Crippen LogP contribution is 2.39. The van der Waals surface area contributed by atoms with Gasteiger partial charge in [0.2, 0.25) is 0 Å². The van der Waals surface area contributed by atoms with E-state index < -0.39 is 0 Å². The maximum Gasteiger partial charge on any atom is 0.165 e. The number of halogens is 1. The molecule has 0 heterocycles. The van der Waals surface area contributed by atoms with Crippen LogP contribution in [0.5, 0.6) is 5.75 Å². The van der Waals surface area contributed by atoms with Gasteiger partial charge >= 0.3 is 0 Å². The summed E-state index contributed by atoms with van der Waals surface area (Å²) in [7, 11) is 0. The molecule has 1 nitrogen and oxygen atoms in total. The van der Waals surface area contributed by atoms with Crippen molar-refractivity contribution in [3.8, 4) is 5.75 Å². The second-order valence-electron chi connectivity index (χ2n) is 11.3. The van der Waals surface area contributed by atoms with Gasteiger partial charge in [0.25, 0.3) is 0 Å². The molecule has 188 valence electrons. The Balaban J connectivity index is 1.31. The maximum atomic E-state index is 14.7. The summed E-state index contributed by atoms with van der Waals surface area (Å²) < 4.78 is 20.6. The van der Waals surface area contributed by atoms with Gasteiger partial charge in [-0.05, 0) is 79.9 Å². The number of unbranched alkanes of at least 4 members (excludes halogenated alkanes) is 4. The Kier molecular flexibility index (Phi) is 12.1. The Bertz CT molecular complexity index is 640. The third kappa shape index (κ3) is 9.25. The zero-order chi connectivity index (χ0) is 23.3. The van der Waals surface area contributed by atoms with Crippen LogP contribution < -0.4 is 4.74 Å². The Labute approximate surface area is 204 Å². The molecule has 1 aromatic carbocycles. The topological polar surface area (TPSA) is 9.23 Å². The van der Waals surface area contributed by atoms with Gasteiger partial charge in [-0.3, -0.25) is 0 Å². The van der Waals surface area contributed by atoms with Crippen LogP contribution in [0.15, 0.2) is 18.2 Å². The highest BCUT2D eigenvalue weighted by atomic mass is 19.1. The highest BCUT2D eigenvalue weighted by molar-refractivity contribution is 5.31. The Morgan fingerprint density at radius 2 is 1.21 bits per heavy atom. The SMILES string of the molecule is CCCCCC1CCC(CCCOc2ccc(C3CCC(CCCCC)CC3)cc2F)CC1. The van der Waals surface area contributed by atoms with Crippen molar-refractivity contribution in [2.75, 3.05) is 6.61 Å². The van der Waals surface area contributed by atoms with E-state index in [0.29, 0.717) is 18.3 Å². The van der Waals surface area contributed by atoms with Gasteiger partial charge in [0.15, 0.2) is 11.6 Å². The van der Waals surface area contributed by atoms with Crippen LogP contribution in [-0.4, -0.2) is 6.61 Å². The maximum absolute atomic E-state index is 14.7. The van der Waals surface area contributed by atoms with Crippen molar-refractivity contribution in [2.24, 2.45) is 17.8 Å². The van der Waals surface area contributed by atoms with Crippen LogP contribution in [0.2, 0.25) is 0 Å². The number of rotatable bonds is 14. The summed E-state index contributed by atoms with van der Waals surface area (Å²) in [6.45, 7) is 5.22. The van der Waals surface area contributed by atoms with E-state index in [1.54, 1.807) is 6.07 Å². The Hall–Kier alpha value is -1.05. The monoisotopic (exact) mass is 458 g/mol. The van der Waals surface area contributed by atoms with E-state index in [2.05, 4.69) is 19.9 Å². The third-order valence-electron chi connectivity index (χ3n) is 8.69. The van der Waals surface area contributed by atoms with Crippen molar-refractivity contribution >= 4 is 0 Å². The van der Waals surface area contributed by atoms with Crippen LogP contribution in [0.4, 0.5) is 4.39 Å². The van der Waals surface area contributed by atoms with Crippen molar-refractivity contribution in [2.45, 2.75) is 135 Å². The lowest BCUT2D eigenvalue weighted by Gasteiger charge is -2.29. The van der Waals surface area contributed by atoms with Gasteiger partial charge in [-0.15, -0.1) is 0 Å². The molecule has 0 spiro atoms. The third-order valence-corrected chi connectivity index (χ3v) is 8.69. The molecule has 2 fully saturated rings. The fourth-order valence-electron chi connectivity index (χ4n) is 6.40. The van der Waals surface area contributed by atoms with E-state index in [4.69, 9.17) is 4.74 Å². The molecular formula is C31H51FO. The molecule has 3 rings (SSSR count). The summed E-state index contributed by atoms with van der Waals surface area (Å²) in [6.07, 6.45) is 24.0. The minimum atomic E-state index is -0.162. The molecule has 2 heteroatoms. The van der Waals surface area contributed by atoms with Crippen LogP contribution in [0, 0.1) is 23.6 Å². The van der Waals surface area contributed by atoms with Crippen molar-refractivity contribution in [1.82, 2.24) is 0 Å². The molecule has 0 bridgehead atoms. The van der Waals surface area contributed by atoms with E-state index in [-0.39, 0.29) is 5.82 Å². The average Bonchev–Trinajstić information content (AvgIpc) is 2.84. The van der Waals surface area contributed by atoms with Crippen molar-refractivity contribution in [3.05, 3.63) is 29.6 Å². The highest BCUT2D eigenvalue weighted by Gasteiger charge is 2.23. The van der Waals surface area contributed by atoms with Gasteiger partial charge in [0.05, 0.1) is 6.61 Å². The molecular weight excluding hydrogens is 407 g/mol. The predicted molar refractivity (Wildman–Crippen MR) is 140 cm³/mol. The zero-order valence-electron chi connectivity index (χ0n) is 21.8. The summed E-state index contributed by atoms with van der Waals surface area (Å²) in [4.78, 5) is 0. The van der Waals surface area contributed by atoms with E-state index in [1.165, 1.54) is 115 Å². The molecule has 0 saturated heterocycles. The summed E-state index contributed by atoms with van der Waals surface area (Å²) in [5, 5.41) is 0. The molecule has 0 atom stereocenters. The van der Waals surface area contributed by atoms with Crippen LogP contribution in [-0.2, 0) is 0 Å². The summed E-state index contributed by atoms with van der Waals surface area (Å²) >= 11 is 0. The Morgan fingerprint density at radius 3 is 1.73 bits per heavy atom. The van der Waals surface area contributed by atoms with Crippen molar-refractivity contribution in [1.29, 1.82) is 0 Å².